The van der Waals surface area contributed by atoms with Crippen molar-refractivity contribution in [2.24, 2.45) is 11.8 Å². The second-order valence-corrected chi connectivity index (χ2v) is 5.97. The molecule has 2 heterocycles. The van der Waals surface area contributed by atoms with Crippen LogP contribution in [0.25, 0.3) is 5.69 Å². The second kappa shape index (κ2) is 6.24. The van der Waals surface area contributed by atoms with E-state index in [1.54, 1.807) is 22.0 Å². The zero-order chi connectivity index (χ0) is 16.4. The molecule has 120 valence electrons. The van der Waals surface area contributed by atoms with E-state index in [9.17, 15) is 9.59 Å². The summed E-state index contributed by atoms with van der Waals surface area (Å²) in [6, 6.07) is 9.59. The lowest BCUT2D eigenvalue weighted by atomic mass is 9.87. The number of hydrogen-bond donors (Lipinski definition) is 1. The number of piperidine rings is 1. The van der Waals surface area contributed by atoms with Crippen LogP contribution in [0.1, 0.15) is 23.7 Å². The van der Waals surface area contributed by atoms with Gasteiger partial charge in [0, 0.05) is 19.3 Å². The number of aromatic nitrogens is 2. The van der Waals surface area contributed by atoms with Crippen molar-refractivity contribution in [3.05, 3.63) is 48.3 Å². The van der Waals surface area contributed by atoms with Gasteiger partial charge in [-0.25, -0.2) is 4.68 Å². The Balaban J connectivity index is 1.72. The third-order valence-electron chi connectivity index (χ3n) is 4.36. The molecule has 6 heteroatoms. The van der Waals surface area contributed by atoms with Crippen molar-refractivity contribution in [2.45, 2.75) is 13.3 Å². The van der Waals surface area contributed by atoms with Gasteiger partial charge in [0.1, 0.15) is 0 Å². The predicted octanol–water partition coefficient (Wildman–Crippen LogP) is 2.06. The van der Waals surface area contributed by atoms with Crippen molar-refractivity contribution in [3.8, 4) is 5.69 Å². The summed E-state index contributed by atoms with van der Waals surface area (Å²) in [4.78, 5) is 25.5. The molecule has 0 radical (unpaired) electrons. The Kier molecular flexibility index (Phi) is 4.14. The Hall–Kier alpha value is -2.63. The Labute approximate surface area is 134 Å². The normalized spacial score (nSPS) is 21.2. The largest absolute Gasteiger partial charge is 0.481 e. The lowest BCUT2D eigenvalue weighted by molar-refractivity contribution is -0.145. The first-order valence-corrected chi connectivity index (χ1v) is 7.68. The van der Waals surface area contributed by atoms with Gasteiger partial charge in [-0.15, -0.1) is 0 Å². The van der Waals surface area contributed by atoms with Gasteiger partial charge in [-0.1, -0.05) is 25.1 Å². The van der Waals surface area contributed by atoms with Gasteiger partial charge >= 0.3 is 5.97 Å². The fraction of sp³-hybridized carbons (Fsp3) is 0.353. The Morgan fingerprint density at radius 1 is 1.26 bits per heavy atom. The molecule has 1 saturated heterocycles. The average molecular weight is 313 g/mol. The molecule has 2 aromatic rings. The number of para-hydroxylation sites is 1. The van der Waals surface area contributed by atoms with Gasteiger partial charge in [0.05, 0.1) is 23.4 Å². The third-order valence-corrected chi connectivity index (χ3v) is 4.36. The zero-order valence-corrected chi connectivity index (χ0v) is 12.9. The molecule has 1 aromatic heterocycles. The molecule has 1 N–H and O–H groups in total. The number of carboxylic acids is 1. The molecule has 1 aliphatic heterocycles. The van der Waals surface area contributed by atoms with Crippen molar-refractivity contribution in [1.29, 1.82) is 0 Å². The van der Waals surface area contributed by atoms with Gasteiger partial charge in [0.25, 0.3) is 5.91 Å². The number of likely N-dealkylation sites (tertiary alicyclic amines) is 1. The standard InChI is InChI=1S/C17H19N3O3/c1-12-10-19(8-7-15(12)17(22)23)16(21)13-9-18-20(11-13)14-5-3-2-4-6-14/h2-6,9,11-12,15H,7-8,10H2,1H3,(H,22,23). The van der Waals surface area contributed by atoms with Crippen LogP contribution in [0.2, 0.25) is 0 Å². The van der Waals surface area contributed by atoms with Gasteiger partial charge in [-0.3, -0.25) is 9.59 Å². The number of carbonyl (C=O) groups is 2. The molecule has 0 saturated carbocycles. The average Bonchev–Trinajstić information content (AvgIpc) is 3.04. The minimum Gasteiger partial charge on any atom is -0.481 e. The van der Waals surface area contributed by atoms with E-state index in [-0.39, 0.29) is 17.7 Å². The smallest absolute Gasteiger partial charge is 0.306 e. The molecule has 1 aliphatic rings. The van der Waals surface area contributed by atoms with E-state index in [1.165, 1.54) is 0 Å². The van der Waals surface area contributed by atoms with Crippen LogP contribution in [-0.4, -0.2) is 44.8 Å². The maximum Gasteiger partial charge on any atom is 0.306 e. The topological polar surface area (TPSA) is 75.4 Å². The van der Waals surface area contributed by atoms with Crippen LogP contribution in [0.3, 0.4) is 0 Å². The lowest BCUT2D eigenvalue weighted by Gasteiger charge is -2.34. The van der Waals surface area contributed by atoms with Crippen LogP contribution in [0.4, 0.5) is 0 Å². The molecule has 0 bridgehead atoms. The van der Waals surface area contributed by atoms with Gasteiger partial charge < -0.3 is 10.0 Å². The van der Waals surface area contributed by atoms with Crippen LogP contribution in [0.15, 0.2) is 42.7 Å². The van der Waals surface area contributed by atoms with Crippen molar-refractivity contribution in [1.82, 2.24) is 14.7 Å². The summed E-state index contributed by atoms with van der Waals surface area (Å²) in [5.74, 6) is -1.29. The van der Waals surface area contributed by atoms with Crippen LogP contribution in [0, 0.1) is 11.8 Å². The van der Waals surface area contributed by atoms with E-state index >= 15 is 0 Å². The summed E-state index contributed by atoms with van der Waals surface area (Å²) in [6.45, 7) is 2.81. The zero-order valence-electron chi connectivity index (χ0n) is 12.9. The quantitative estimate of drug-likeness (QED) is 0.941. The molecule has 1 amide bonds. The van der Waals surface area contributed by atoms with E-state index in [2.05, 4.69) is 5.10 Å². The maximum absolute atomic E-state index is 12.6. The van der Waals surface area contributed by atoms with Crippen molar-refractivity contribution in [3.63, 3.8) is 0 Å². The van der Waals surface area contributed by atoms with Crippen LogP contribution in [0.5, 0.6) is 0 Å². The maximum atomic E-state index is 12.6. The molecule has 0 spiro atoms. The first kappa shape index (κ1) is 15.3. The molecule has 0 aliphatic carbocycles. The lowest BCUT2D eigenvalue weighted by Crippen LogP contribution is -2.44. The van der Waals surface area contributed by atoms with Gasteiger partial charge in [-0.05, 0) is 24.5 Å². The molecule has 23 heavy (non-hydrogen) atoms. The number of benzene rings is 1. The summed E-state index contributed by atoms with van der Waals surface area (Å²) in [6.07, 6.45) is 3.77. The highest BCUT2D eigenvalue weighted by Gasteiger charge is 2.33. The molecule has 1 aromatic carbocycles. The fourth-order valence-corrected chi connectivity index (χ4v) is 3.03. The number of nitrogens with zero attached hydrogens (tertiary/aromatic N) is 3. The minimum atomic E-state index is -0.776. The van der Waals surface area contributed by atoms with Gasteiger partial charge in [-0.2, -0.15) is 5.10 Å². The number of carboxylic acid groups (broad SMARTS) is 1. The van der Waals surface area contributed by atoms with Crippen LogP contribution in [-0.2, 0) is 4.79 Å². The number of carbonyl (C=O) groups excluding carboxylic acids is 1. The molecule has 6 nitrogen and oxygen atoms in total. The van der Waals surface area contributed by atoms with Crippen molar-refractivity contribution >= 4 is 11.9 Å². The van der Waals surface area contributed by atoms with E-state index < -0.39 is 5.97 Å². The van der Waals surface area contributed by atoms with Gasteiger partial charge in [0.2, 0.25) is 0 Å². The monoisotopic (exact) mass is 313 g/mol. The Morgan fingerprint density at radius 2 is 2.00 bits per heavy atom. The Bertz CT molecular complexity index is 711. The van der Waals surface area contributed by atoms with E-state index in [0.29, 0.717) is 25.1 Å². The minimum absolute atomic E-state index is 0.0469. The number of amides is 1. The number of hydrogen-bond acceptors (Lipinski definition) is 3. The highest BCUT2D eigenvalue weighted by atomic mass is 16.4. The molecule has 1 fully saturated rings. The van der Waals surface area contributed by atoms with E-state index in [0.717, 1.165) is 5.69 Å². The molecule has 2 unspecified atom stereocenters. The first-order valence-electron chi connectivity index (χ1n) is 7.68. The van der Waals surface area contributed by atoms with Crippen LogP contribution >= 0.6 is 0 Å². The fourth-order valence-electron chi connectivity index (χ4n) is 3.03. The van der Waals surface area contributed by atoms with Gasteiger partial charge in [0.15, 0.2) is 0 Å². The Morgan fingerprint density at radius 3 is 2.65 bits per heavy atom. The SMILES string of the molecule is CC1CN(C(=O)c2cnn(-c3ccccc3)c2)CCC1C(=O)O. The first-order chi connectivity index (χ1) is 11.1. The highest BCUT2D eigenvalue weighted by Crippen LogP contribution is 2.24. The molecule has 3 rings (SSSR count). The molecule has 2 atom stereocenters. The summed E-state index contributed by atoms with van der Waals surface area (Å²) >= 11 is 0. The van der Waals surface area contributed by atoms with Crippen LogP contribution < -0.4 is 0 Å². The summed E-state index contributed by atoms with van der Waals surface area (Å²) in [7, 11) is 0. The van der Waals surface area contributed by atoms with Crippen molar-refractivity contribution in [2.75, 3.05) is 13.1 Å². The number of aliphatic carboxylic acids is 1. The van der Waals surface area contributed by atoms with E-state index in [4.69, 9.17) is 5.11 Å². The molecular weight excluding hydrogens is 294 g/mol. The third kappa shape index (κ3) is 3.11. The number of rotatable bonds is 3. The highest BCUT2D eigenvalue weighted by molar-refractivity contribution is 5.94. The predicted molar refractivity (Wildman–Crippen MR) is 84.4 cm³/mol. The second-order valence-electron chi connectivity index (χ2n) is 5.97. The summed E-state index contributed by atoms with van der Waals surface area (Å²) in [5.41, 5.74) is 1.42. The molecular formula is C17H19N3O3. The van der Waals surface area contributed by atoms with E-state index in [1.807, 2.05) is 37.3 Å². The summed E-state index contributed by atoms with van der Waals surface area (Å²) < 4.78 is 1.67. The summed E-state index contributed by atoms with van der Waals surface area (Å²) in [5, 5.41) is 13.4. The van der Waals surface area contributed by atoms with Crippen molar-refractivity contribution < 1.29 is 14.7 Å².